The van der Waals surface area contributed by atoms with Gasteiger partial charge in [-0.15, -0.1) is 11.8 Å². The number of aryl methyl sites for hydroxylation is 1. The Morgan fingerprint density at radius 3 is 3.05 bits per heavy atom. The third-order valence-corrected chi connectivity index (χ3v) is 4.65. The number of rotatable bonds is 3. The molecule has 1 aromatic heterocycles. The average Bonchev–Trinajstić information content (AvgIpc) is 3.05. The van der Waals surface area contributed by atoms with Gasteiger partial charge in [-0.25, -0.2) is 4.79 Å². The van der Waals surface area contributed by atoms with Gasteiger partial charge in [0.25, 0.3) is 0 Å². The number of furan rings is 1. The van der Waals surface area contributed by atoms with Crippen LogP contribution in [0.3, 0.4) is 0 Å². The van der Waals surface area contributed by atoms with Crippen LogP contribution < -0.4 is 0 Å². The second-order valence-corrected chi connectivity index (χ2v) is 6.15. The largest absolute Gasteiger partial charge is 0.480 e. The molecule has 1 fully saturated rings. The van der Waals surface area contributed by atoms with Gasteiger partial charge in [-0.2, -0.15) is 0 Å². The third-order valence-electron chi connectivity index (χ3n) is 3.64. The van der Waals surface area contributed by atoms with Crippen LogP contribution >= 0.6 is 11.8 Å². The van der Waals surface area contributed by atoms with E-state index in [-0.39, 0.29) is 12.3 Å². The Kier molecular flexibility index (Phi) is 3.63. The minimum absolute atomic E-state index is 0.167. The molecular weight excluding hydrogens is 290 g/mol. The maximum absolute atomic E-state index is 12.3. The fourth-order valence-electron chi connectivity index (χ4n) is 2.48. The number of benzene rings is 1. The van der Waals surface area contributed by atoms with E-state index in [1.165, 1.54) is 16.7 Å². The molecule has 0 bridgehead atoms. The normalized spacial score (nSPS) is 18.3. The lowest BCUT2D eigenvalue weighted by Crippen LogP contribution is -2.42. The van der Waals surface area contributed by atoms with Crippen LogP contribution in [0, 0.1) is 6.92 Å². The highest BCUT2D eigenvalue weighted by molar-refractivity contribution is 7.99. The van der Waals surface area contributed by atoms with Crippen molar-refractivity contribution in [1.82, 2.24) is 4.90 Å². The maximum Gasteiger partial charge on any atom is 0.327 e. The Balaban J connectivity index is 1.82. The number of hydrogen-bond donors (Lipinski definition) is 1. The summed E-state index contributed by atoms with van der Waals surface area (Å²) in [5.41, 5.74) is 2.65. The highest BCUT2D eigenvalue weighted by atomic mass is 32.2. The zero-order chi connectivity index (χ0) is 15.0. The molecule has 1 aliphatic rings. The Morgan fingerprint density at radius 2 is 2.29 bits per heavy atom. The lowest BCUT2D eigenvalue weighted by molar-refractivity contribution is -0.147. The molecule has 5 nitrogen and oxygen atoms in total. The molecule has 0 saturated carbocycles. The van der Waals surface area contributed by atoms with Crippen molar-refractivity contribution in [3.8, 4) is 0 Å². The van der Waals surface area contributed by atoms with Gasteiger partial charge in [0.15, 0.2) is 0 Å². The van der Waals surface area contributed by atoms with E-state index in [0.717, 1.165) is 22.1 Å². The van der Waals surface area contributed by atoms with Gasteiger partial charge in [0.05, 0.1) is 18.6 Å². The van der Waals surface area contributed by atoms with Crippen molar-refractivity contribution < 1.29 is 19.1 Å². The number of carbonyl (C=O) groups excluding carboxylic acids is 1. The molecule has 2 heterocycles. The van der Waals surface area contributed by atoms with Crippen LogP contribution in [0.25, 0.3) is 11.0 Å². The molecule has 1 unspecified atom stereocenters. The van der Waals surface area contributed by atoms with Gasteiger partial charge in [-0.05, 0) is 18.6 Å². The monoisotopic (exact) mass is 305 g/mol. The fourth-order valence-corrected chi connectivity index (χ4v) is 3.66. The van der Waals surface area contributed by atoms with E-state index >= 15 is 0 Å². The van der Waals surface area contributed by atoms with Gasteiger partial charge in [0.1, 0.15) is 11.6 Å². The molecule has 0 aliphatic carbocycles. The zero-order valence-corrected chi connectivity index (χ0v) is 12.4. The number of carboxylic acid groups (broad SMARTS) is 1. The second-order valence-electron chi connectivity index (χ2n) is 5.15. The molecule has 6 heteroatoms. The standard InChI is InChI=1S/C15H15NO4S/c1-9-2-3-11-10(6-20-13(11)4-9)5-14(17)16-8-21-7-12(16)15(18)19/h2-4,6,12H,5,7-8H2,1H3,(H,18,19). The molecule has 1 aliphatic heterocycles. The van der Waals surface area contributed by atoms with E-state index in [1.54, 1.807) is 6.26 Å². The van der Waals surface area contributed by atoms with Crippen molar-refractivity contribution in [3.05, 3.63) is 35.6 Å². The number of nitrogens with zero attached hydrogens (tertiary/aromatic N) is 1. The van der Waals surface area contributed by atoms with Gasteiger partial charge in [-0.1, -0.05) is 12.1 Å². The number of fused-ring (bicyclic) bond motifs is 1. The van der Waals surface area contributed by atoms with E-state index in [1.807, 2.05) is 25.1 Å². The maximum atomic E-state index is 12.3. The molecule has 110 valence electrons. The minimum atomic E-state index is -0.943. The van der Waals surface area contributed by atoms with Crippen LogP contribution in [0.15, 0.2) is 28.9 Å². The first-order valence-electron chi connectivity index (χ1n) is 6.63. The first-order valence-corrected chi connectivity index (χ1v) is 7.78. The number of carboxylic acids is 1. The Morgan fingerprint density at radius 1 is 1.48 bits per heavy atom. The number of amides is 1. The van der Waals surface area contributed by atoms with Crippen molar-refractivity contribution in [3.63, 3.8) is 0 Å². The van der Waals surface area contributed by atoms with Gasteiger partial charge >= 0.3 is 5.97 Å². The van der Waals surface area contributed by atoms with E-state index in [9.17, 15) is 9.59 Å². The highest BCUT2D eigenvalue weighted by Crippen LogP contribution is 2.26. The third kappa shape index (κ3) is 2.63. The van der Waals surface area contributed by atoms with Crippen LogP contribution in [-0.4, -0.2) is 39.6 Å². The van der Waals surface area contributed by atoms with Crippen LogP contribution in [0.2, 0.25) is 0 Å². The Bertz CT molecular complexity index is 709. The molecule has 3 rings (SSSR count). The molecule has 1 atom stereocenters. The molecule has 1 aromatic carbocycles. The predicted octanol–water partition coefficient (Wildman–Crippen LogP) is 2.27. The van der Waals surface area contributed by atoms with Gasteiger partial charge in [0.2, 0.25) is 5.91 Å². The smallest absolute Gasteiger partial charge is 0.327 e. The second kappa shape index (κ2) is 5.44. The summed E-state index contributed by atoms with van der Waals surface area (Å²) < 4.78 is 5.48. The van der Waals surface area contributed by atoms with Crippen LogP contribution in [0.1, 0.15) is 11.1 Å². The van der Waals surface area contributed by atoms with E-state index in [0.29, 0.717) is 11.6 Å². The first kappa shape index (κ1) is 14.0. The molecule has 2 aromatic rings. The minimum Gasteiger partial charge on any atom is -0.480 e. The van der Waals surface area contributed by atoms with Gasteiger partial charge < -0.3 is 14.4 Å². The van der Waals surface area contributed by atoms with E-state index in [4.69, 9.17) is 9.52 Å². The number of hydrogen-bond acceptors (Lipinski definition) is 4. The van der Waals surface area contributed by atoms with Crippen molar-refractivity contribution in [2.45, 2.75) is 19.4 Å². The molecule has 0 spiro atoms. The molecule has 1 N–H and O–H groups in total. The molecule has 21 heavy (non-hydrogen) atoms. The summed E-state index contributed by atoms with van der Waals surface area (Å²) in [4.78, 5) is 24.9. The lowest BCUT2D eigenvalue weighted by Gasteiger charge is -2.20. The zero-order valence-electron chi connectivity index (χ0n) is 11.5. The van der Waals surface area contributed by atoms with Gasteiger partial charge in [-0.3, -0.25) is 4.79 Å². The van der Waals surface area contributed by atoms with Crippen molar-refractivity contribution in [2.24, 2.45) is 0 Å². The number of carbonyl (C=O) groups is 2. The SMILES string of the molecule is Cc1ccc2c(CC(=O)N3CSCC3C(=O)O)coc2c1. The molecule has 1 saturated heterocycles. The van der Waals surface area contributed by atoms with Crippen LogP contribution in [-0.2, 0) is 16.0 Å². The molecule has 0 radical (unpaired) electrons. The van der Waals surface area contributed by atoms with Gasteiger partial charge in [0, 0.05) is 16.7 Å². The number of thioether (sulfide) groups is 1. The summed E-state index contributed by atoms with van der Waals surface area (Å²) in [6.45, 7) is 1.98. The lowest BCUT2D eigenvalue weighted by atomic mass is 10.1. The first-order chi connectivity index (χ1) is 10.1. The van der Waals surface area contributed by atoms with Crippen molar-refractivity contribution in [1.29, 1.82) is 0 Å². The Labute approximate surface area is 125 Å². The summed E-state index contributed by atoms with van der Waals surface area (Å²) >= 11 is 1.47. The fraction of sp³-hybridized carbons (Fsp3) is 0.333. The topological polar surface area (TPSA) is 70.8 Å². The summed E-state index contributed by atoms with van der Waals surface area (Å²) in [7, 11) is 0. The predicted molar refractivity (Wildman–Crippen MR) is 80.2 cm³/mol. The molecule has 1 amide bonds. The van der Waals surface area contributed by atoms with E-state index in [2.05, 4.69) is 0 Å². The summed E-state index contributed by atoms with van der Waals surface area (Å²) in [5, 5.41) is 10.0. The molecular formula is C15H15NO4S. The average molecular weight is 305 g/mol. The van der Waals surface area contributed by atoms with Crippen LogP contribution in [0.4, 0.5) is 0 Å². The summed E-state index contributed by atoms with van der Waals surface area (Å²) in [6.07, 6.45) is 1.75. The summed E-state index contributed by atoms with van der Waals surface area (Å²) in [5.74, 6) is -0.228. The quantitative estimate of drug-likeness (QED) is 0.942. The Hall–Kier alpha value is -1.95. The van der Waals surface area contributed by atoms with Crippen molar-refractivity contribution >= 4 is 34.6 Å². The van der Waals surface area contributed by atoms with Crippen molar-refractivity contribution in [2.75, 3.05) is 11.6 Å². The highest BCUT2D eigenvalue weighted by Gasteiger charge is 2.34. The summed E-state index contributed by atoms with van der Waals surface area (Å²) in [6, 6.07) is 5.11. The number of aliphatic carboxylic acids is 1. The van der Waals surface area contributed by atoms with Crippen LogP contribution in [0.5, 0.6) is 0 Å². The van der Waals surface area contributed by atoms with E-state index < -0.39 is 12.0 Å².